The Kier molecular flexibility index (Phi) is 5.45. The molecule has 0 radical (unpaired) electrons. The summed E-state index contributed by atoms with van der Waals surface area (Å²) >= 11 is 0. The van der Waals surface area contributed by atoms with Gasteiger partial charge in [0.1, 0.15) is 0 Å². The van der Waals surface area contributed by atoms with Gasteiger partial charge in [0.05, 0.1) is 0 Å². The van der Waals surface area contributed by atoms with Crippen LogP contribution in [0.2, 0.25) is 0 Å². The van der Waals surface area contributed by atoms with Gasteiger partial charge in [0.25, 0.3) is 0 Å². The first-order chi connectivity index (χ1) is 6.79. The molecule has 1 fully saturated rings. The van der Waals surface area contributed by atoms with Gasteiger partial charge in [0.15, 0.2) is 0 Å². The lowest BCUT2D eigenvalue weighted by molar-refractivity contribution is 0.0757. The van der Waals surface area contributed by atoms with Gasteiger partial charge < -0.3 is 15.0 Å². The number of nitrogens with zero attached hydrogens (tertiary/aromatic N) is 1. The molecule has 0 aromatic heterocycles. The van der Waals surface area contributed by atoms with E-state index in [0.29, 0.717) is 0 Å². The fourth-order valence-corrected chi connectivity index (χ4v) is 2.26. The number of methoxy groups -OCH3 is 1. The van der Waals surface area contributed by atoms with Gasteiger partial charge in [0, 0.05) is 26.3 Å². The number of rotatable bonds is 7. The predicted octanol–water partition coefficient (Wildman–Crippen LogP) is 0.953. The first-order valence-electron chi connectivity index (χ1n) is 5.63. The summed E-state index contributed by atoms with van der Waals surface area (Å²) in [6, 6.07) is 0.805. The Balaban J connectivity index is 2.13. The van der Waals surface area contributed by atoms with E-state index in [1.807, 2.05) is 7.05 Å². The Morgan fingerprint density at radius 2 is 2.21 bits per heavy atom. The van der Waals surface area contributed by atoms with Crippen molar-refractivity contribution in [3.05, 3.63) is 0 Å². The summed E-state index contributed by atoms with van der Waals surface area (Å²) in [6.45, 7) is 3.21. The minimum atomic E-state index is 0.805. The molecular formula is C11H24N2O. The average Bonchev–Trinajstić information content (AvgIpc) is 2.13. The number of hydrogen-bond acceptors (Lipinski definition) is 3. The van der Waals surface area contributed by atoms with Crippen LogP contribution in [0.15, 0.2) is 0 Å². The van der Waals surface area contributed by atoms with E-state index < -0.39 is 0 Å². The zero-order chi connectivity index (χ0) is 10.4. The molecule has 0 amide bonds. The van der Waals surface area contributed by atoms with Crippen LogP contribution in [0.25, 0.3) is 0 Å². The largest absolute Gasteiger partial charge is 0.385 e. The molecule has 14 heavy (non-hydrogen) atoms. The third-order valence-corrected chi connectivity index (χ3v) is 3.27. The van der Waals surface area contributed by atoms with Crippen molar-refractivity contribution >= 4 is 0 Å². The zero-order valence-electron chi connectivity index (χ0n) is 9.75. The number of ether oxygens (including phenoxy) is 1. The lowest BCUT2D eigenvalue weighted by atomic mass is 9.78. The Bertz CT molecular complexity index is 152. The van der Waals surface area contributed by atoms with Crippen molar-refractivity contribution in [3.63, 3.8) is 0 Å². The van der Waals surface area contributed by atoms with E-state index in [1.165, 1.54) is 25.9 Å². The SMILES string of the molecule is CNCC1CCC1N(C)CCCOC. The molecule has 0 heterocycles. The van der Waals surface area contributed by atoms with E-state index >= 15 is 0 Å². The van der Waals surface area contributed by atoms with E-state index in [1.54, 1.807) is 7.11 Å². The standard InChI is InChI=1S/C11H24N2O/c1-12-9-10-5-6-11(10)13(2)7-4-8-14-3/h10-12H,4-9H2,1-3H3. The topological polar surface area (TPSA) is 24.5 Å². The van der Waals surface area contributed by atoms with Crippen LogP contribution in [-0.4, -0.2) is 51.8 Å². The molecule has 1 aliphatic rings. The molecule has 1 rings (SSSR count). The highest BCUT2D eigenvalue weighted by Crippen LogP contribution is 2.30. The smallest absolute Gasteiger partial charge is 0.0474 e. The van der Waals surface area contributed by atoms with Gasteiger partial charge in [-0.1, -0.05) is 0 Å². The van der Waals surface area contributed by atoms with Crippen LogP contribution in [0.4, 0.5) is 0 Å². The van der Waals surface area contributed by atoms with E-state index in [0.717, 1.165) is 25.0 Å². The molecule has 3 nitrogen and oxygen atoms in total. The summed E-state index contributed by atoms with van der Waals surface area (Å²) in [5, 5.41) is 3.27. The molecule has 1 aliphatic carbocycles. The fraction of sp³-hybridized carbons (Fsp3) is 1.00. The summed E-state index contributed by atoms with van der Waals surface area (Å²) in [5.41, 5.74) is 0. The molecule has 0 aromatic rings. The van der Waals surface area contributed by atoms with Crippen LogP contribution in [0.1, 0.15) is 19.3 Å². The molecular weight excluding hydrogens is 176 g/mol. The maximum Gasteiger partial charge on any atom is 0.0474 e. The van der Waals surface area contributed by atoms with Gasteiger partial charge in [-0.05, 0) is 45.8 Å². The molecule has 2 unspecified atom stereocenters. The molecule has 1 N–H and O–H groups in total. The molecule has 0 saturated heterocycles. The second kappa shape index (κ2) is 6.38. The van der Waals surface area contributed by atoms with Crippen molar-refractivity contribution in [2.24, 2.45) is 5.92 Å². The second-order valence-corrected chi connectivity index (χ2v) is 4.29. The Morgan fingerprint density at radius 1 is 1.43 bits per heavy atom. The second-order valence-electron chi connectivity index (χ2n) is 4.29. The first kappa shape index (κ1) is 12.0. The van der Waals surface area contributed by atoms with Crippen LogP contribution in [0, 0.1) is 5.92 Å². The molecule has 0 aromatic carbocycles. The van der Waals surface area contributed by atoms with Crippen molar-refractivity contribution in [2.45, 2.75) is 25.3 Å². The Labute approximate surface area is 87.8 Å². The average molecular weight is 200 g/mol. The maximum absolute atomic E-state index is 5.06. The molecule has 3 heteroatoms. The monoisotopic (exact) mass is 200 g/mol. The minimum absolute atomic E-state index is 0.805. The summed E-state index contributed by atoms with van der Waals surface area (Å²) in [5.74, 6) is 0.868. The molecule has 0 spiro atoms. The third-order valence-electron chi connectivity index (χ3n) is 3.27. The van der Waals surface area contributed by atoms with Crippen LogP contribution in [0.3, 0.4) is 0 Å². The van der Waals surface area contributed by atoms with Crippen molar-refractivity contribution in [1.29, 1.82) is 0 Å². The summed E-state index contributed by atoms with van der Waals surface area (Å²) in [6.07, 6.45) is 3.91. The molecule has 1 saturated carbocycles. The van der Waals surface area contributed by atoms with Crippen LogP contribution in [-0.2, 0) is 4.74 Å². The number of nitrogens with one attached hydrogen (secondary N) is 1. The number of hydrogen-bond donors (Lipinski definition) is 1. The lowest BCUT2D eigenvalue weighted by Crippen LogP contribution is -2.48. The van der Waals surface area contributed by atoms with Crippen LogP contribution >= 0.6 is 0 Å². The normalized spacial score (nSPS) is 26.6. The van der Waals surface area contributed by atoms with Gasteiger partial charge in [-0.25, -0.2) is 0 Å². The molecule has 2 atom stereocenters. The van der Waals surface area contributed by atoms with Crippen LogP contribution < -0.4 is 5.32 Å². The third kappa shape index (κ3) is 3.23. The van der Waals surface area contributed by atoms with E-state index in [4.69, 9.17) is 4.74 Å². The van der Waals surface area contributed by atoms with E-state index in [2.05, 4.69) is 17.3 Å². The van der Waals surface area contributed by atoms with Gasteiger partial charge in [0.2, 0.25) is 0 Å². The van der Waals surface area contributed by atoms with Crippen molar-refractivity contribution < 1.29 is 4.74 Å². The van der Waals surface area contributed by atoms with E-state index in [-0.39, 0.29) is 0 Å². The highest BCUT2D eigenvalue weighted by atomic mass is 16.5. The predicted molar refractivity (Wildman–Crippen MR) is 59.6 cm³/mol. The molecule has 0 bridgehead atoms. The summed E-state index contributed by atoms with van der Waals surface area (Å²) < 4.78 is 5.06. The van der Waals surface area contributed by atoms with Crippen LogP contribution in [0.5, 0.6) is 0 Å². The minimum Gasteiger partial charge on any atom is -0.385 e. The highest BCUT2D eigenvalue weighted by Gasteiger charge is 2.32. The zero-order valence-corrected chi connectivity index (χ0v) is 9.75. The maximum atomic E-state index is 5.06. The quantitative estimate of drug-likeness (QED) is 0.619. The first-order valence-corrected chi connectivity index (χ1v) is 5.63. The summed E-state index contributed by atoms with van der Waals surface area (Å²) in [4.78, 5) is 2.49. The summed E-state index contributed by atoms with van der Waals surface area (Å²) in [7, 11) is 6.05. The molecule has 0 aliphatic heterocycles. The van der Waals surface area contributed by atoms with Crippen molar-refractivity contribution in [2.75, 3.05) is 40.9 Å². The van der Waals surface area contributed by atoms with Gasteiger partial charge in [-0.2, -0.15) is 0 Å². The van der Waals surface area contributed by atoms with Crippen molar-refractivity contribution in [1.82, 2.24) is 10.2 Å². The Hall–Kier alpha value is -0.120. The van der Waals surface area contributed by atoms with Gasteiger partial charge in [-0.3, -0.25) is 0 Å². The van der Waals surface area contributed by atoms with Gasteiger partial charge in [-0.15, -0.1) is 0 Å². The molecule has 84 valence electrons. The highest BCUT2D eigenvalue weighted by molar-refractivity contribution is 4.88. The Morgan fingerprint density at radius 3 is 2.71 bits per heavy atom. The van der Waals surface area contributed by atoms with E-state index in [9.17, 15) is 0 Å². The van der Waals surface area contributed by atoms with Crippen molar-refractivity contribution in [3.8, 4) is 0 Å². The lowest BCUT2D eigenvalue weighted by Gasteiger charge is -2.42. The fourth-order valence-electron chi connectivity index (χ4n) is 2.26. The van der Waals surface area contributed by atoms with Gasteiger partial charge >= 0.3 is 0 Å².